The maximum atomic E-state index is 13.6. The van der Waals surface area contributed by atoms with Crippen LogP contribution >= 0.6 is 0 Å². The molecule has 0 fully saturated rings. The molecule has 0 amide bonds. The highest BCUT2D eigenvalue weighted by Gasteiger charge is 2.18. The SMILES string of the molecule is O=S(=O)(NCc1ccnc(-n2cccn2)c1)c1ccccc1F. The van der Waals surface area contributed by atoms with Crippen LogP contribution in [0.3, 0.4) is 0 Å². The molecule has 0 aliphatic carbocycles. The average molecular weight is 332 g/mol. The molecule has 3 rings (SSSR count). The number of aromatic nitrogens is 3. The molecule has 0 aliphatic rings. The zero-order chi connectivity index (χ0) is 16.3. The topological polar surface area (TPSA) is 76.9 Å². The zero-order valence-electron chi connectivity index (χ0n) is 11.9. The normalized spacial score (nSPS) is 11.5. The van der Waals surface area contributed by atoms with E-state index in [-0.39, 0.29) is 11.4 Å². The summed E-state index contributed by atoms with van der Waals surface area (Å²) in [7, 11) is -3.92. The second-order valence-electron chi connectivity index (χ2n) is 4.73. The molecule has 0 saturated heterocycles. The first-order valence-electron chi connectivity index (χ1n) is 6.75. The Morgan fingerprint density at radius 1 is 1.13 bits per heavy atom. The van der Waals surface area contributed by atoms with Crippen LogP contribution in [0.5, 0.6) is 0 Å². The van der Waals surface area contributed by atoms with Crippen molar-refractivity contribution in [2.45, 2.75) is 11.4 Å². The van der Waals surface area contributed by atoms with Gasteiger partial charge in [0.15, 0.2) is 5.82 Å². The van der Waals surface area contributed by atoms with Crippen molar-refractivity contribution in [2.75, 3.05) is 0 Å². The summed E-state index contributed by atoms with van der Waals surface area (Å²) in [5.41, 5.74) is 0.686. The van der Waals surface area contributed by atoms with Gasteiger partial charge >= 0.3 is 0 Å². The monoisotopic (exact) mass is 332 g/mol. The molecule has 0 radical (unpaired) electrons. The van der Waals surface area contributed by atoms with Crippen molar-refractivity contribution in [3.05, 3.63) is 72.4 Å². The molecule has 6 nitrogen and oxygen atoms in total. The third-order valence-corrected chi connectivity index (χ3v) is 4.58. The smallest absolute Gasteiger partial charge is 0.237 e. The second-order valence-corrected chi connectivity index (χ2v) is 6.46. The van der Waals surface area contributed by atoms with Gasteiger partial charge in [-0.3, -0.25) is 0 Å². The highest BCUT2D eigenvalue weighted by molar-refractivity contribution is 7.89. The predicted octanol–water partition coefficient (Wildman–Crippen LogP) is 1.88. The summed E-state index contributed by atoms with van der Waals surface area (Å²) in [5, 5.41) is 4.06. The van der Waals surface area contributed by atoms with E-state index < -0.39 is 15.8 Å². The Labute approximate surface area is 132 Å². The van der Waals surface area contributed by atoms with Crippen molar-refractivity contribution in [1.29, 1.82) is 0 Å². The lowest BCUT2D eigenvalue weighted by Crippen LogP contribution is -2.24. The maximum Gasteiger partial charge on any atom is 0.243 e. The molecule has 0 aliphatic heterocycles. The van der Waals surface area contributed by atoms with E-state index in [0.717, 1.165) is 6.07 Å². The van der Waals surface area contributed by atoms with Gasteiger partial charge in [-0.1, -0.05) is 12.1 Å². The predicted molar refractivity (Wildman–Crippen MR) is 81.8 cm³/mol. The largest absolute Gasteiger partial charge is 0.243 e. The zero-order valence-corrected chi connectivity index (χ0v) is 12.7. The lowest BCUT2D eigenvalue weighted by Gasteiger charge is -2.08. The van der Waals surface area contributed by atoms with E-state index in [0.29, 0.717) is 11.4 Å². The number of sulfonamides is 1. The molecule has 0 unspecified atom stereocenters. The van der Waals surface area contributed by atoms with Crippen LogP contribution in [0.1, 0.15) is 5.56 Å². The third-order valence-electron chi connectivity index (χ3n) is 3.14. The Bertz CT molecular complexity index is 911. The molecular formula is C15H13FN4O2S. The fourth-order valence-corrected chi connectivity index (χ4v) is 3.11. The van der Waals surface area contributed by atoms with E-state index in [4.69, 9.17) is 0 Å². The Hall–Kier alpha value is -2.58. The van der Waals surface area contributed by atoms with E-state index in [1.807, 2.05) is 0 Å². The number of pyridine rings is 1. The third kappa shape index (κ3) is 3.43. The van der Waals surface area contributed by atoms with Crippen molar-refractivity contribution in [1.82, 2.24) is 19.5 Å². The molecule has 0 spiro atoms. The molecule has 0 saturated carbocycles. The molecule has 118 valence electrons. The number of benzene rings is 1. The number of nitrogens with one attached hydrogen (secondary N) is 1. The lowest BCUT2D eigenvalue weighted by atomic mass is 10.2. The molecule has 2 aromatic heterocycles. The summed E-state index contributed by atoms with van der Waals surface area (Å²) in [6, 6.07) is 10.4. The Morgan fingerprint density at radius 3 is 2.70 bits per heavy atom. The quantitative estimate of drug-likeness (QED) is 0.774. The van der Waals surface area contributed by atoms with E-state index in [9.17, 15) is 12.8 Å². The second kappa shape index (κ2) is 6.27. The molecule has 2 heterocycles. The van der Waals surface area contributed by atoms with E-state index in [1.165, 1.54) is 18.2 Å². The van der Waals surface area contributed by atoms with Crippen LogP contribution in [0.2, 0.25) is 0 Å². The van der Waals surface area contributed by atoms with Gasteiger partial charge in [0.25, 0.3) is 0 Å². The minimum Gasteiger partial charge on any atom is -0.237 e. The number of rotatable bonds is 5. The Morgan fingerprint density at radius 2 is 1.96 bits per heavy atom. The first-order valence-corrected chi connectivity index (χ1v) is 8.24. The highest BCUT2D eigenvalue weighted by Crippen LogP contribution is 2.14. The number of nitrogens with zero attached hydrogens (tertiary/aromatic N) is 3. The minimum absolute atomic E-state index is 0.0213. The number of hydrogen-bond donors (Lipinski definition) is 1. The summed E-state index contributed by atoms with van der Waals surface area (Å²) in [5.74, 6) is -0.218. The van der Waals surface area contributed by atoms with Crippen LogP contribution in [0.4, 0.5) is 4.39 Å². The summed E-state index contributed by atoms with van der Waals surface area (Å²) >= 11 is 0. The summed E-state index contributed by atoms with van der Waals surface area (Å²) in [6.07, 6.45) is 4.91. The molecule has 0 atom stereocenters. The summed E-state index contributed by atoms with van der Waals surface area (Å²) < 4.78 is 41.9. The first-order chi connectivity index (χ1) is 11.1. The van der Waals surface area contributed by atoms with Crippen LogP contribution in [0.15, 0.2) is 66.0 Å². The van der Waals surface area contributed by atoms with E-state index >= 15 is 0 Å². The van der Waals surface area contributed by atoms with E-state index in [1.54, 1.807) is 41.5 Å². The van der Waals surface area contributed by atoms with Crippen molar-refractivity contribution < 1.29 is 12.8 Å². The van der Waals surface area contributed by atoms with Gasteiger partial charge in [-0.05, 0) is 35.9 Å². The average Bonchev–Trinajstić information content (AvgIpc) is 3.08. The standard InChI is InChI=1S/C15H13FN4O2S/c16-13-4-1-2-5-14(13)23(21,22)19-11-12-6-8-17-15(10-12)20-9-3-7-18-20/h1-10,19H,11H2. The number of hydrogen-bond acceptors (Lipinski definition) is 4. The maximum absolute atomic E-state index is 13.6. The van der Waals surface area contributed by atoms with Crippen molar-refractivity contribution in [3.63, 3.8) is 0 Å². The van der Waals surface area contributed by atoms with Crippen molar-refractivity contribution in [2.24, 2.45) is 0 Å². The van der Waals surface area contributed by atoms with Crippen LogP contribution < -0.4 is 4.72 Å². The molecule has 1 aromatic carbocycles. The van der Waals surface area contributed by atoms with Gasteiger partial charge in [-0.2, -0.15) is 5.10 Å². The molecule has 3 aromatic rings. The summed E-state index contributed by atoms with van der Waals surface area (Å²) in [6.45, 7) is 0.0213. The molecule has 0 bridgehead atoms. The fourth-order valence-electron chi connectivity index (χ4n) is 2.02. The molecule has 23 heavy (non-hydrogen) atoms. The van der Waals surface area contributed by atoms with Crippen LogP contribution in [0, 0.1) is 5.82 Å². The van der Waals surface area contributed by atoms with Gasteiger partial charge < -0.3 is 0 Å². The number of halogens is 1. The highest BCUT2D eigenvalue weighted by atomic mass is 32.2. The lowest BCUT2D eigenvalue weighted by molar-refractivity contribution is 0.556. The Balaban J connectivity index is 1.78. The summed E-state index contributed by atoms with van der Waals surface area (Å²) in [4.78, 5) is 3.79. The first kappa shape index (κ1) is 15.3. The van der Waals surface area contributed by atoms with Crippen molar-refractivity contribution >= 4 is 10.0 Å². The fraction of sp³-hybridized carbons (Fsp3) is 0.0667. The van der Waals surface area contributed by atoms with Crippen molar-refractivity contribution in [3.8, 4) is 5.82 Å². The van der Waals surface area contributed by atoms with Gasteiger partial charge in [-0.15, -0.1) is 0 Å². The minimum atomic E-state index is -3.92. The van der Waals surface area contributed by atoms with Gasteiger partial charge in [0, 0.05) is 25.1 Å². The molecule has 8 heteroatoms. The Kier molecular flexibility index (Phi) is 4.18. The van der Waals surface area contributed by atoms with Gasteiger partial charge in [0.05, 0.1) is 0 Å². The van der Waals surface area contributed by atoms with Crippen LogP contribution in [0.25, 0.3) is 5.82 Å². The van der Waals surface area contributed by atoms with Crippen LogP contribution in [-0.2, 0) is 16.6 Å². The van der Waals surface area contributed by atoms with Gasteiger partial charge in [0.2, 0.25) is 10.0 Å². The van der Waals surface area contributed by atoms with Gasteiger partial charge in [-0.25, -0.2) is 27.2 Å². The van der Waals surface area contributed by atoms with Crippen LogP contribution in [-0.4, -0.2) is 23.2 Å². The molecule has 1 N–H and O–H groups in total. The van der Waals surface area contributed by atoms with E-state index in [2.05, 4.69) is 14.8 Å². The molecular weight excluding hydrogens is 319 g/mol. The van der Waals surface area contributed by atoms with Gasteiger partial charge in [0.1, 0.15) is 10.7 Å².